The van der Waals surface area contributed by atoms with E-state index < -0.39 is 0 Å². The van der Waals surface area contributed by atoms with Gasteiger partial charge in [-0.2, -0.15) is 0 Å². The second kappa shape index (κ2) is 7.66. The fourth-order valence-corrected chi connectivity index (χ4v) is 4.46. The SMILES string of the molecule is Cc1cccc(C2(CNC(=O)c3ccc(N4CCNC4=O)cc3)CCCC2)c1. The molecule has 2 aromatic rings. The predicted octanol–water partition coefficient (Wildman–Crippen LogP) is 3.77. The number of rotatable bonds is 5. The van der Waals surface area contributed by atoms with Gasteiger partial charge in [-0.1, -0.05) is 42.7 Å². The first-order valence-corrected chi connectivity index (χ1v) is 10.1. The van der Waals surface area contributed by atoms with Gasteiger partial charge in [0.1, 0.15) is 0 Å². The number of carbonyl (C=O) groups is 2. The molecule has 2 aromatic carbocycles. The highest BCUT2D eigenvalue weighted by molar-refractivity contribution is 5.97. The third-order valence-electron chi connectivity index (χ3n) is 6.08. The highest BCUT2D eigenvalue weighted by Crippen LogP contribution is 2.40. The van der Waals surface area contributed by atoms with Gasteiger partial charge in [0.05, 0.1) is 0 Å². The van der Waals surface area contributed by atoms with Gasteiger partial charge >= 0.3 is 6.03 Å². The van der Waals surface area contributed by atoms with Gasteiger partial charge in [-0.15, -0.1) is 0 Å². The fraction of sp³-hybridized carbons (Fsp3) is 0.391. The summed E-state index contributed by atoms with van der Waals surface area (Å²) >= 11 is 0. The van der Waals surface area contributed by atoms with Crippen molar-refractivity contribution in [1.29, 1.82) is 0 Å². The maximum absolute atomic E-state index is 12.7. The molecule has 0 aromatic heterocycles. The van der Waals surface area contributed by atoms with Crippen LogP contribution in [0.3, 0.4) is 0 Å². The molecule has 1 saturated carbocycles. The molecule has 0 spiro atoms. The molecule has 146 valence electrons. The van der Waals surface area contributed by atoms with Crippen molar-refractivity contribution >= 4 is 17.6 Å². The van der Waals surface area contributed by atoms with Crippen molar-refractivity contribution in [3.05, 3.63) is 65.2 Å². The van der Waals surface area contributed by atoms with E-state index >= 15 is 0 Å². The zero-order chi connectivity index (χ0) is 19.6. The second-order valence-electron chi connectivity index (χ2n) is 7.97. The first kappa shape index (κ1) is 18.5. The van der Waals surface area contributed by atoms with E-state index in [1.54, 1.807) is 17.0 Å². The number of benzene rings is 2. The Morgan fingerprint density at radius 3 is 2.54 bits per heavy atom. The average molecular weight is 377 g/mol. The van der Waals surface area contributed by atoms with Crippen molar-refractivity contribution in [3.8, 4) is 0 Å². The number of anilines is 1. The fourth-order valence-electron chi connectivity index (χ4n) is 4.46. The molecule has 2 aliphatic rings. The summed E-state index contributed by atoms with van der Waals surface area (Å²) in [4.78, 5) is 26.2. The number of nitrogens with one attached hydrogen (secondary N) is 2. The molecule has 0 unspecified atom stereocenters. The van der Waals surface area contributed by atoms with Crippen molar-refractivity contribution in [1.82, 2.24) is 10.6 Å². The Hall–Kier alpha value is -2.82. The molecule has 1 aliphatic heterocycles. The van der Waals surface area contributed by atoms with E-state index in [0.29, 0.717) is 25.2 Å². The zero-order valence-corrected chi connectivity index (χ0v) is 16.3. The van der Waals surface area contributed by atoms with E-state index in [1.807, 2.05) is 12.1 Å². The predicted molar refractivity (Wildman–Crippen MR) is 111 cm³/mol. The van der Waals surface area contributed by atoms with Crippen molar-refractivity contribution in [2.75, 3.05) is 24.5 Å². The lowest BCUT2D eigenvalue weighted by Gasteiger charge is -2.30. The molecule has 1 aliphatic carbocycles. The van der Waals surface area contributed by atoms with Gasteiger partial charge in [-0.05, 0) is 49.6 Å². The topological polar surface area (TPSA) is 61.4 Å². The van der Waals surface area contributed by atoms with Crippen LogP contribution in [0.1, 0.15) is 47.2 Å². The summed E-state index contributed by atoms with van der Waals surface area (Å²) in [7, 11) is 0. The molecule has 1 saturated heterocycles. The molecule has 2 N–H and O–H groups in total. The lowest BCUT2D eigenvalue weighted by Crippen LogP contribution is -2.39. The Balaban J connectivity index is 1.45. The number of hydrogen-bond donors (Lipinski definition) is 2. The summed E-state index contributed by atoms with van der Waals surface area (Å²) in [6.45, 7) is 4.09. The number of urea groups is 1. The van der Waals surface area contributed by atoms with Crippen LogP contribution in [0.2, 0.25) is 0 Å². The molecule has 5 heteroatoms. The Morgan fingerprint density at radius 2 is 1.89 bits per heavy atom. The summed E-state index contributed by atoms with van der Waals surface area (Å²) in [6.07, 6.45) is 4.63. The Morgan fingerprint density at radius 1 is 1.14 bits per heavy atom. The quantitative estimate of drug-likeness (QED) is 0.833. The monoisotopic (exact) mass is 377 g/mol. The number of aryl methyl sites for hydroxylation is 1. The van der Waals surface area contributed by atoms with Gasteiger partial charge in [-0.3, -0.25) is 9.69 Å². The molecule has 5 nitrogen and oxygen atoms in total. The van der Waals surface area contributed by atoms with E-state index in [1.165, 1.54) is 24.0 Å². The molecule has 4 rings (SSSR count). The van der Waals surface area contributed by atoms with Gasteiger partial charge < -0.3 is 10.6 Å². The zero-order valence-electron chi connectivity index (χ0n) is 16.3. The van der Waals surface area contributed by atoms with Gasteiger partial charge in [0.2, 0.25) is 0 Å². The minimum Gasteiger partial charge on any atom is -0.351 e. The van der Waals surface area contributed by atoms with Gasteiger partial charge in [-0.25, -0.2) is 4.79 Å². The van der Waals surface area contributed by atoms with Crippen LogP contribution in [0.5, 0.6) is 0 Å². The lowest BCUT2D eigenvalue weighted by atomic mass is 9.78. The van der Waals surface area contributed by atoms with Crippen molar-refractivity contribution in [2.45, 2.75) is 38.0 Å². The minimum atomic E-state index is -0.0847. The number of nitrogens with zero attached hydrogens (tertiary/aromatic N) is 1. The highest BCUT2D eigenvalue weighted by atomic mass is 16.2. The molecule has 0 atom stereocenters. The minimum absolute atomic E-state index is 0.0370. The van der Waals surface area contributed by atoms with Crippen LogP contribution in [0.25, 0.3) is 0 Å². The largest absolute Gasteiger partial charge is 0.351 e. The smallest absolute Gasteiger partial charge is 0.321 e. The van der Waals surface area contributed by atoms with Crippen molar-refractivity contribution < 1.29 is 9.59 Å². The van der Waals surface area contributed by atoms with Crippen LogP contribution in [0, 0.1) is 6.92 Å². The van der Waals surface area contributed by atoms with E-state index in [4.69, 9.17) is 0 Å². The van der Waals surface area contributed by atoms with Crippen LogP contribution >= 0.6 is 0 Å². The third-order valence-corrected chi connectivity index (χ3v) is 6.08. The van der Waals surface area contributed by atoms with E-state index in [9.17, 15) is 9.59 Å². The number of hydrogen-bond acceptors (Lipinski definition) is 2. The molecule has 3 amide bonds. The van der Waals surface area contributed by atoms with Gasteiger partial charge in [0.15, 0.2) is 0 Å². The van der Waals surface area contributed by atoms with Crippen LogP contribution in [0.4, 0.5) is 10.5 Å². The van der Waals surface area contributed by atoms with Crippen LogP contribution < -0.4 is 15.5 Å². The molecule has 0 bridgehead atoms. The first-order valence-electron chi connectivity index (χ1n) is 10.1. The van der Waals surface area contributed by atoms with Gasteiger partial charge in [0, 0.05) is 36.3 Å². The third kappa shape index (κ3) is 3.61. The van der Waals surface area contributed by atoms with Crippen LogP contribution in [-0.4, -0.2) is 31.6 Å². The molecule has 2 fully saturated rings. The average Bonchev–Trinajstić information content (AvgIpc) is 3.36. The molecule has 0 radical (unpaired) electrons. The summed E-state index contributed by atoms with van der Waals surface area (Å²) in [6, 6.07) is 15.9. The van der Waals surface area contributed by atoms with Crippen molar-refractivity contribution in [2.24, 2.45) is 0 Å². The normalized spacial score (nSPS) is 18.2. The number of amides is 3. The molecule has 1 heterocycles. The Kier molecular flexibility index (Phi) is 5.07. The molecular formula is C23H27N3O2. The van der Waals surface area contributed by atoms with E-state index in [2.05, 4.69) is 41.8 Å². The first-order chi connectivity index (χ1) is 13.6. The number of carbonyl (C=O) groups excluding carboxylic acids is 2. The summed E-state index contributed by atoms with van der Waals surface area (Å²) in [5.41, 5.74) is 4.08. The van der Waals surface area contributed by atoms with Crippen LogP contribution in [-0.2, 0) is 5.41 Å². The van der Waals surface area contributed by atoms with Crippen molar-refractivity contribution in [3.63, 3.8) is 0 Å². The van der Waals surface area contributed by atoms with Gasteiger partial charge in [0.25, 0.3) is 5.91 Å². The lowest BCUT2D eigenvalue weighted by molar-refractivity contribution is 0.0943. The maximum atomic E-state index is 12.7. The summed E-state index contributed by atoms with van der Waals surface area (Å²) in [5, 5.41) is 5.95. The van der Waals surface area contributed by atoms with E-state index in [-0.39, 0.29) is 17.4 Å². The van der Waals surface area contributed by atoms with Crippen LogP contribution in [0.15, 0.2) is 48.5 Å². The maximum Gasteiger partial charge on any atom is 0.321 e. The molecule has 28 heavy (non-hydrogen) atoms. The standard InChI is InChI=1S/C23H27N3O2/c1-17-5-4-6-19(15-17)23(11-2-3-12-23)16-25-21(27)18-7-9-20(10-8-18)26-14-13-24-22(26)28/h4-10,15H,2-3,11-14,16H2,1H3,(H,24,28)(H,25,27). The summed E-state index contributed by atoms with van der Waals surface area (Å²) in [5.74, 6) is -0.0589. The second-order valence-corrected chi connectivity index (χ2v) is 7.97. The summed E-state index contributed by atoms with van der Waals surface area (Å²) < 4.78 is 0. The Labute approximate surface area is 166 Å². The molecular weight excluding hydrogens is 350 g/mol. The van der Waals surface area contributed by atoms with E-state index in [0.717, 1.165) is 18.5 Å². The highest BCUT2D eigenvalue weighted by Gasteiger charge is 2.36. The Bertz CT molecular complexity index is 870.